The normalized spacial score (nSPS) is 15.3. The monoisotopic (exact) mass is 345 g/mol. The number of aromatic hydroxyl groups is 1. The Morgan fingerprint density at radius 1 is 1.44 bits per heavy atom. The van der Waals surface area contributed by atoms with Crippen molar-refractivity contribution in [3.8, 4) is 17.6 Å². The van der Waals surface area contributed by atoms with Gasteiger partial charge in [0.25, 0.3) is 5.91 Å². The van der Waals surface area contributed by atoms with Gasteiger partial charge < -0.3 is 15.2 Å². The molecule has 1 aliphatic rings. The Hall–Kier alpha value is -3.08. The second kappa shape index (κ2) is 8.15. The van der Waals surface area contributed by atoms with Crippen LogP contribution >= 0.6 is 0 Å². The Kier molecular flexibility index (Phi) is 5.95. The molecule has 8 nitrogen and oxygen atoms in total. The van der Waals surface area contributed by atoms with Crippen LogP contribution < -0.4 is 10.1 Å². The SMILES string of the molecule is COc1cc(/C=C(\C#N)C(=O)NC2CCCCC2)cc([N+](=O)[O-])c1O. The molecule has 1 aromatic rings. The zero-order valence-corrected chi connectivity index (χ0v) is 13.8. The van der Waals surface area contributed by atoms with Gasteiger partial charge in [0.1, 0.15) is 11.6 Å². The fourth-order valence-electron chi connectivity index (χ4n) is 2.82. The zero-order chi connectivity index (χ0) is 18.4. The highest BCUT2D eigenvalue weighted by atomic mass is 16.6. The van der Waals surface area contributed by atoms with Crippen molar-refractivity contribution in [3.63, 3.8) is 0 Å². The molecule has 0 unspecified atom stereocenters. The molecule has 132 valence electrons. The van der Waals surface area contributed by atoms with E-state index in [1.54, 1.807) is 0 Å². The van der Waals surface area contributed by atoms with Crippen LogP contribution in [0, 0.1) is 21.4 Å². The lowest BCUT2D eigenvalue weighted by atomic mass is 9.95. The number of amides is 1. The summed E-state index contributed by atoms with van der Waals surface area (Å²) >= 11 is 0. The largest absolute Gasteiger partial charge is 0.500 e. The number of methoxy groups -OCH3 is 1. The molecule has 0 aromatic heterocycles. The average molecular weight is 345 g/mol. The summed E-state index contributed by atoms with van der Waals surface area (Å²) in [4.78, 5) is 22.5. The van der Waals surface area contributed by atoms with E-state index in [0.29, 0.717) is 0 Å². The highest BCUT2D eigenvalue weighted by Gasteiger charge is 2.21. The fraction of sp³-hybridized carbons (Fsp3) is 0.412. The van der Waals surface area contributed by atoms with Gasteiger partial charge in [-0.25, -0.2) is 0 Å². The predicted octanol–water partition coefficient (Wildman–Crippen LogP) is 2.66. The molecule has 0 bridgehead atoms. The Morgan fingerprint density at radius 2 is 2.12 bits per heavy atom. The Bertz CT molecular complexity index is 745. The third-order valence-corrected chi connectivity index (χ3v) is 4.11. The summed E-state index contributed by atoms with van der Waals surface area (Å²) in [5.41, 5.74) is -0.500. The first-order chi connectivity index (χ1) is 12.0. The van der Waals surface area contributed by atoms with Gasteiger partial charge in [0.05, 0.1) is 12.0 Å². The van der Waals surface area contributed by atoms with Gasteiger partial charge in [0.15, 0.2) is 5.75 Å². The molecule has 1 aromatic carbocycles. The van der Waals surface area contributed by atoms with Crippen LogP contribution in [-0.4, -0.2) is 29.1 Å². The van der Waals surface area contributed by atoms with E-state index < -0.39 is 22.3 Å². The molecule has 2 rings (SSSR count). The van der Waals surface area contributed by atoms with Crippen LogP contribution in [0.4, 0.5) is 5.69 Å². The molecule has 2 N–H and O–H groups in total. The molecule has 8 heteroatoms. The first kappa shape index (κ1) is 18.3. The van der Waals surface area contributed by atoms with Crippen LogP contribution in [0.1, 0.15) is 37.7 Å². The number of rotatable bonds is 5. The molecule has 1 aliphatic carbocycles. The second-order valence-electron chi connectivity index (χ2n) is 5.83. The molecule has 0 atom stereocenters. The number of nitro benzene ring substituents is 1. The van der Waals surface area contributed by atoms with Gasteiger partial charge >= 0.3 is 5.69 Å². The van der Waals surface area contributed by atoms with Crippen molar-refractivity contribution in [2.24, 2.45) is 0 Å². The number of benzene rings is 1. The van der Waals surface area contributed by atoms with E-state index in [0.717, 1.165) is 38.2 Å². The molecule has 0 spiro atoms. The van der Waals surface area contributed by atoms with E-state index in [-0.39, 0.29) is 22.9 Å². The summed E-state index contributed by atoms with van der Waals surface area (Å²) in [5.74, 6) is -1.22. The van der Waals surface area contributed by atoms with Crippen LogP contribution in [0.5, 0.6) is 11.5 Å². The summed E-state index contributed by atoms with van der Waals surface area (Å²) in [5, 5.41) is 32.9. The number of phenolic OH excluding ortho intramolecular Hbond substituents is 1. The summed E-state index contributed by atoms with van der Waals surface area (Å²) in [6.45, 7) is 0. The maximum Gasteiger partial charge on any atom is 0.315 e. The maximum atomic E-state index is 12.3. The summed E-state index contributed by atoms with van der Waals surface area (Å²) in [6.07, 6.45) is 6.22. The fourth-order valence-corrected chi connectivity index (χ4v) is 2.82. The van der Waals surface area contributed by atoms with E-state index in [2.05, 4.69) is 5.32 Å². The first-order valence-corrected chi connectivity index (χ1v) is 7.94. The van der Waals surface area contributed by atoms with Crippen molar-refractivity contribution in [2.45, 2.75) is 38.1 Å². The van der Waals surface area contributed by atoms with Crippen molar-refractivity contribution in [2.75, 3.05) is 7.11 Å². The summed E-state index contributed by atoms with van der Waals surface area (Å²) in [6, 6.07) is 4.27. The summed E-state index contributed by atoms with van der Waals surface area (Å²) < 4.78 is 4.91. The van der Waals surface area contributed by atoms with Gasteiger partial charge in [-0.15, -0.1) is 0 Å². The van der Waals surface area contributed by atoms with E-state index in [1.807, 2.05) is 6.07 Å². The predicted molar refractivity (Wildman–Crippen MR) is 89.9 cm³/mol. The van der Waals surface area contributed by atoms with E-state index in [1.165, 1.54) is 19.3 Å². The van der Waals surface area contributed by atoms with Crippen molar-refractivity contribution >= 4 is 17.7 Å². The quantitative estimate of drug-likeness (QED) is 0.366. The lowest BCUT2D eigenvalue weighted by Gasteiger charge is -2.22. The van der Waals surface area contributed by atoms with Gasteiger partial charge in [-0.05, 0) is 30.5 Å². The molecule has 0 saturated heterocycles. The number of hydrogen-bond donors (Lipinski definition) is 2. The molecule has 1 saturated carbocycles. The van der Waals surface area contributed by atoms with Gasteiger partial charge in [-0.1, -0.05) is 19.3 Å². The maximum absolute atomic E-state index is 12.3. The molecule has 1 fully saturated rings. The second-order valence-corrected chi connectivity index (χ2v) is 5.83. The molecule has 25 heavy (non-hydrogen) atoms. The van der Waals surface area contributed by atoms with Crippen LogP contribution in [0.15, 0.2) is 17.7 Å². The number of nitrogens with zero attached hydrogens (tertiary/aromatic N) is 2. The number of nitriles is 1. The smallest absolute Gasteiger partial charge is 0.315 e. The standard InChI is InChI=1S/C17H19N3O5/c1-25-15-9-11(8-14(16(15)21)20(23)24)7-12(10-18)17(22)19-13-5-3-2-4-6-13/h7-9,13,21H,2-6H2,1H3,(H,19,22)/b12-7+. The van der Waals surface area contributed by atoms with Gasteiger partial charge in [0.2, 0.25) is 5.75 Å². The molecule has 0 aliphatic heterocycles. The number of nitro groups is 1. The zero-order valence-electron chi connectivity index (χ0n) is 13.8. The topological polar surface area (TPSA) is 125 Å². The third kappa shape index (κ3) is 4.47. The third-order valence-electron chi connectivity index (χ3n) is 4.11. The number of nitrogens with one attached hydrogen (secondary N) is 1. The number of phenols is 1. The number of hydrogen-bond acceptors (Lipinski definition) is 6. The van der Waals surface area contributed by atoms with Crippen molar-refractivity contribution in [3.05, 3.63) is 33.4 Å². The van der Waals surface area contributed by atoms with Crippen LogP contribution in [0.3, 0.4) is 0 Å². The molecule has 1 amide bonds. The van der Waals surface area contributed by atoms with E-state index in [4.69, 9.17) is 4.74 Å². The van der Waals surface area contributed by atoms with E-state index in [9.17, 15) is 25.3 Å². The Labute approximate surface area is 144 Å². The first-order valence-electron chi connectivity index (χ1n) is 7.94. The molecule has 0 heterocycles. The minimum absolute atomic E-state index is 0.0432. The van der Waals surface area contributed by atoms with Crippen LogP contribution in [0.2, 0.25) is 0 Å². The molecule has 0 radical (unpaired) electrons. The number of carbonyl (C=O) groups excluding carboxylic acids is 1. The summed E-state index contributed by atoms with van der Waals surface area (Å²) in [7, 11) is 1.26. The highest BCUT2D eigenvalue weighted by Crippen LogP contribution is 2.37. The minimum Gasteiger partial charge on any atom is -0.500 e. The van der Waals surface area contributed by atoms with Crippen LogP contribution in [-0.2, 0) is 4.79 Å². The van der Waals surface area contributed by atoms with E-state index >= 15 is 0 Å². The average Bonchev–Trinajstić information content (AvgIpc) is 2.61. The van der Waals surface area contributed by atoms with Gasteiger partial charge in [-0.3, -0.25) is 14.9 Å². The van der Waals surface area contributed by atoms with Crippen molar-refractivity contribution in [1.82, 2.24) is 5.32 Å². The number of carbonyl (C=O) groups is 1. The van der Waals surface area contributed by atoms with Crippen molar-refractivity contribution < 1.29 is 19.6 Å². The lowest BCUT2D eigenvalue weighted by Crippen LogP contribution is -2.36. The van der Waals surface area contributed by atoms with Gasteiger partial charge in [0, 0.05) is 12.1 Å². The Morgan fingerprint density at radius 3 is 2.68 bits per heavy atom. The van der Waals surface area contributed by atoms with Crippen LogP contribution in [0.25, 0.3) is 6.08 Å². The molecular formula is C17H19N3O5. The molecular weight excluding hydrogens is 326 g/mol. The number of ether oxygens (including phenoxy) is 1. The Balaban J connectivity index is 2.29. The lowest BCUT2D eigenvalue weighted by molar-refractivity contribution is -0.386. The minimum atomic E-state index is -0.761. The van der Waals surface area contributed by atoms with Crippen molar-refractivity contribution in [1.29, 1.82) is 5.26 Å². The van der Waals surface area contributed by atoms with Gasteiger partial charge in [-0.2, -0.15) is 5.26 Å². The highest BCUT2D eigenvalue weighted by molar-refractivity contribution is 6.02.